The molecule has 0 spiro atoms. The van der Waals surface area contributed by atoms with Crippen LogP contribution < -0.4 is 0 Å². The molecule has 0 bridgehead atoms. The van der Waals surface area contributed by atoms with Gasteiger partial charge in [0.15, 0.2) is 6.10 Å². The van der Waals surface area contributed by atoms with Gasteiger partial charge in [-0.15, -0.1) is 0 Å². The summed E-state index contributed by atoms with van der Waals surface area (Å²) in [5, 5.41) is 0. The molecule has 0 aromatic carbocycles. The van der Waals surface area contributed by atoms with Gasteiger partial charge in [0.25, 0.3) is 0 Å². The first-order chi connectivity index (χ1) is 38.0. The molecule has 1 unspecified atom stereocenters. The Bertz CT molecular complexity index is 1740. The number of rotatable bonds is 54. The molecule has 0 aliphatic heterocycles. The van der Waals surface area contributed by atoms with Crippen molar-refractivity contribution in [2.75, 3.05) is 13.2 Å². The molecule has 0 aromatic heterocycles. The van der Waals surface area contributed by atoms with Gasteiger partial charge in [-0.1, -0.05) is 262 Å². The molecular formula is C71H112O6. The fourth-order valence-corrected chi connectivity index (χ4v) is 7.96. The number of carbonyl (C=O) groups is 3. The Morgan fingerprint density at radius 1 is 0.286 bits per heavy atom. The first kappa shape index (κ1) is 72.0. The van der Waals surface area contributed by atoms with Crippen molar-refractivity contribution < 1.29 is 28.6 Å². The van der Waals surface area contributed by atoms with Crippen LogP contribution in [0.2, 0.25) is 0 Å². The molecule has 0 amide bonds. The van der Waals surface area contributed by atoms with E-state index in [9.17, 15) is 14.4 Å². The summed E-state index contributed by atoms with van der Waals surface area (Å²) in [4.78, 5) is 38.2. The quantitative estimate of drug-likeness (QED) is 0.0261. The maximum Gasteiger partial charge on any atom is 0.309 e. The van der Waals surface area contributed by atoms with Crippen LogP contribution in [0.3, 0.4) is 0 Å². The molecule has 0 saturated carbocycles. The predicted octanol–water partition coefficient (Wildman–Crippen LogP) is 21.3. The van der Waals surface area contributed by atoms with E-state index in [1.54, 1.807) is 6.08 Å². The summed E-state index contributed by atoms with van der Waals surface area (Å²) in [5.41, 5.74) is 0. The second-order valence-corrected chi connectivity index (χ2v) is 19.9. The van der Waals surface area contributed by atoms with E-state index in [4.69, 9.17) is 14.2 Å². The molecule has 0 aliphatic rings. The highest BCUT2D eigenvalue weighted by Gasteiger charge is 2.19. The maximum atomic E-state index is 12.9. The minimum Gasteiger partial charge on any atom is -0.462 e. The van der Waals surface area contributed by atoms with Crippen molar-refractivity contribution >= 4 is 17.9 Å². The second kappa shape index (κ2) is 63.6. The van der Waals surface area contributed by atoms with Crippen molar-refractivity contribution in [2.24, 2.45) is 0 Å². The van der Waals surface area contributed by atoms with Crippen molar-refractivity contribution in [1.29, 1.82) is 0 Å². The highest BCUT2D eigenvalue weighted by molar-refractivity contribution is 5.72. The monoisotopic (exact) mass is 1060 g/mol. The average molecular weight is 1060 g/mol. The third kappa shape index (κ3) is 61.8. The lowest BCUT2D eigenvalue weighted by Crippen LogP contribution is -2.30. The van der Waals surface area contributed by atoms with E-state index in [1.807, 2.05) is 6.08 Å². The Morgan fingerprint density at radius 2 is 0.558 bits per heavy atom. The SMILES string of the molecule is CC/C=C\C/C=C\C/C=C\C/C=C\C/C=C\C/C=C\CCCCCCCCCCC(=O)OCC(COC(=O)C/C=C\C/C=C\C/C=C\C/C=C\C/C=C\CC)OC(=O)CCCCCCCCC/C=C\C/C=C\CCCCC. The van der Waals surface area contributed by atoms with Crippen LogP contribution in [-0.2, 0) is 28.6 Å². The molecule has 0 fully saturated rings. The second-order valence-electron chi connectivity index (χ2n) is 19.9. The molecule has 0 aromatic rings. The summed E-state index contributed by atoms with van der Waals surface area (Å²) in [6.07, 6.45) is 92.6. The van der Waals surface area contributed by atoms with Crippen LogP contribution in [0, 0.1) is 0 Å². The molecule has 0 rings (SSSR count). The van der Waals surface area contributed by atoms with E-state index in [0.29, 0.717) is 12.8 Å². The smallest absolute Gasteiger partial charge is 0.309 e. The molecule has 6 heteroatoms. The number of carbonyl (C=O) groups excluding carboxylic acids is 3. The summed E-state index contributed by atoms with van der Waals surface area (Å²) < 4.78 is 16.8. The van der Waals surface area contributed by atoms with Crippen LogP contribution in [0.25, 0.3) is 0 Å². The van der Waals surface area contributed by atoms with Gasteiger partial charge in [0.05, 0.1) is 6.42 Å². The number of ether oxygens (including phenoxy) is 3. The lowest BCUT2D eigenvalue weighted by atomic mass is 10.1. The third-order valence-electron chi connectivity index (χ3n) is 12.5. The van der Waals surface area contributed by atoms with Crippen molar-refractivity contribution in [3.63, 3.8) is 0 Å². The van der Waals surface area contributed by atoms with Crippen LogP contribution in [0.4, 0.5) is 0 Å². The summed E-state index contributed by atoms with van der Waals surface area (Å²) >= 11 is 0. The number of unbranched alkanes of at least 4 members (excludes halogenated alkanes) is 18. The summed E-state index contributed by atoms with van der Waals surface area (Å²) in [6.45, 7) is 6.28. The zero-order valence-corrected chi connectivity index (χ0v) is 49.4. The first-order valence-corrected chi connectivity index (χ1v) is 31.0. The lowest BCUT2D eigenvalue weighted by molar-refractivity contribution is -0.166. The van der Waals surface area contributed by atoms with Gasteiger partial charge in [-0.2, -0.15) is 0 Å². The minimum atomic E-state index is -0.834. The molecule has 432 valence electrons. The summed E-state index contributed by atoms with van der Waals surface area (Å²) in [6, 6.07) is 0. The molecule has 0 saturated heterocycles. The van der Waals surface area contributed by atoms with Crippen molar-refractivity contribution in [1.82, 2.24) is 0 Å². The predicted molar refractivity (Wildman–Crippen MR) is 334 cm³/mol. The lowest BCUT2D eigenvalue weighted by Gasteiger charge is -2.18. The largest absolute Gasteiger partial charge is 0.462 e. The molecule has 0 heterocycles. The maximum absolute atomic E-state index is 12.9. The minimum absolute atomic E-state index is 0.117. The van der Waals surface area contributed by atoms with Gasteiger partial charge in [0.1, 0.15) is 13.2 Å². The molecule has 77 heavy (non-hydrogen) atoms. The molecule has 0 N–H and O–H groups in total. The van der Waals surface area contributed by atoms with Gasteiger partial charge in [-0.25, -0.2) is 0 Å². The molecular weight excluding hydrogens is 949 g/mol. The normalized spacial score (nSPS) is 13.2. The van der Waals surface area contributed by atoms with E-state index in [1.165, 1.54) is 77.0 Å². The molecule has 0 radical (unpaired) electrons. The summed E-state index contributed by atoms with van der Waals surface area (Å²) in [5.74, 6) is -1.08. The van der Waals surface area contributed by atoms with Crippen molar-refractivity contribution in [3.8, 4) is 0 Å². The van der Waals surface area contributed by atoms with Crippen molar-refractivity contribution in [3.05, 3.63) is 158 Å². The fourth-order valence-electron chi connectivity index (χ4n) is 7.96. The number of esters is 3. The third-order valence-corrected chi connectivity index (χ3v) is 12.5. The molecule has 1 atom stereocenters. The van der Waals surface area contributed by atoms with Crippen LogP contribution in [0.1, 0.15) is 252 Å². The highest BCUT2D eigenvalue weighted by Crippen LogP contribution is 2.14. The van der Waals surface area contributed by atoms with Gasteiger partial charge in [0.2, 0.25) is 0 Å². The van der Waals surface area contributed by atoms with Crippen molar-refractivity contribution in [2.45, 2.75) is 258 Å². The number of hydrogen-bond acceptors (Lipinski definition) is 6. The van der Waals surface area contributed by atoms with E-state index in [2.05, 4.69) is 167 Å². The fraction of sp³-hybridized carbons (Fsp3) is 0.592. The molecule has 6 nitrogen and oxygen atoms in total. The topological polar surface area (TPSA) is 78.9 Å². The van der Waals surface area contributed by atoms with Crippen LogP contribution in [0.5, 0.6) is 0 Å². The van der Waals surface area contributed by atoms with E-state index < -0.39 is 12.1 Å². The van der Waals surface area contributed by atoms with E-state index in [0.717, 1.165) is 135 Å². The van der Waals surface area contributed by atoms with Gasteiger partial charge in [-0.3, -0.25) is 14.4 Å². The van der Waals surface area contributed by atoms with Crippen LogP contribution >= 0.6 is 0 Å². The average Bonchev–Trinajstić information content (AvgIpc) is 3.43. The van der Waals surface area contributed by atoms with Gasteiger partial charge >= 0.3 is 17.9 Å². The molecule has 0 aliphatic carbocycles. The summed E-state index contributed by atoms with van der Waals surface area (Å²) in [7, 11) is 0. The number of allylic oxidation sites excluding steroid dienone is 25. The van der Waals surface area contributed by atoms with Gasteiger partial charge < -0.3 is 14.2 Å². The number of hydrogen-bond donors (Lipinski definition) is 0. The van der Waals surface area contributed by atoms with Gasteiger partial charge in [-0.05, 0) is 128 Å². The Labute approximate surface area is 473 Å². The Kier molecular flexibility index (Phi) is 59.5. The standard InChI is InChI=1S/C71H112O6/c1-4-7-10-13-16-19-22-25-28-30-31-32-33-34-35-36-37-38-39-41-43-46-49-52-55-58-61-64-70(73)76-67-68(66-75-69(72)63-60-57-54-51-48-45-42-27-24-21-18-15-12-9-6-3)77-71(74)65-62-59-56-53-50-47-44-40-29-26-23-20-17-14-11-8-5-2/h7,9-10,12,16-21,25-29,31-32,34-35,37-38,42,48,51,57,60,68H,4-6,8,11,13-15,22-24,30,33,36,39-41,43-47,49-50,52-56,58-59,61-67H2,1-3H3/b10-7-,12-9-,19-16-,20-17-,21-18-,28-25-,29-26-,32-31-,35-34-,38-37-,42-27-,51-48-,60-57-. The highest BCUT2D eigenvalue weighted by atomic mass is 16.6. The van der Waals surface area contributed by atoms with E-state index in [-0.39, 0.29) is 31.6 Å². The van der Waals surface area contributed by atoms with E-state index >= 15 is 0 Å². The Balaban J connectivity index is 4.46. The van der Waals surface area contributed by atoms with Crippen LogP contribution in [0.15, 0.2) is 158 Å². The zero-order chi connectivity index (χ0) is 55.7. The Morgan fingerprint density at radius 3 is 0.909 bits per heavy atom. The van der Waals surface area contributed by atoms with Gasteiger partial charge in [0, 0.05) is 12.8 Å². The van der Waals surface area contributed by atoms with Crippen LogP contribution in [-0.4, -0.2) is 37.2 Å². The Hall–Kier alpha value is -4.97. The zero-order valence-electron chi connectivity index (χ0n) is 49.4. The first-order valence-electron chi connectivity index (χ1n) is 31.0.